The van der Waals surface area contributed by atoms with Crippen molar-refractivity contribution in [1.29, 1.82) is 0 Å². The summed E-state index contributed by atoms with van der Waals surface area (Å²) in [7, 11) is 0. The van der Waals surface area contributed by atoms with E-state index in [1.165, 1.54) is 6.07 Å². The molecule has 1 N–H and O–H groups in total. The molecule has 0 unspecified atom stereocenters. The number of carbonyl (C=O) groups is 1. The van der Waals surface area contributed by atoms with Crippen LogP contribution in [0.2, 0.25) is 0 Å². The molecule has 2 aromatic rings. The summed E-state index contributed by atoms with van der Waals surface area (Å²) in [6, 6.07) is 14.0. The first-order valence-electron chi connectivity index (χ1n) is 5.90. The molecule has 0 atom stereocenters. The van der Waals surface area contributed by atoms with E-state index in [9.17, 15) is 9.18 Å². The first-order valence-corrected chi connectivity index (χ1v) is 6.69. The fraction of sp³-hybridized carbons (Fsp3) is 0.133. The van der Waals surface area contributed by atoms with E-state index in [1.807, 2.05) is 24.3 Å². The van der Waals surface area contributed by atoms with Gasteiger partial charge in [-0.25, -0.2) is 4.39 Å². The van der Waals surface area contributed by atoms with Crippen molar-refractivity contribution in [3.63, 3.8) is 0 Å². The van der Waals surface area contributed by atoms with Crippen molar-refractivity contribution in [3.8, 4) is 0 Å². The SMILES string of the molecule is O=C(Cc1ccc(Br)cc1)NCc1ccccc1F. The number of amides is 1. The highest BCUT2D eigenvalue weighted by molar-refractivity contribution is 9.10. The lowest BCUT2D eigenvalue weighted by molar-refractivity contribution is -0.120. The monoisotopic (exact) mass is 321 g/mol. The third-order valence-corrected chi connectivity index (χ3v) is 3.24. The molecule has 0 heterocycles. The molecule has 19 heavy (non-hydrogen) atoms. The van der Waals surface area contributed by atoms with Crippen LogP contribution >= 0.6 is 15.9 Å². The first-order chi connectivity index (χ1) is 9.15. The molecule has 98 valence electrons. The van der Waals surface area contributed by atoms with Crippen molar-refractivity contribution in [2.75, 3.05) is 0 Å². The third-order valence-electron chi connectivity index (χ3n) is 2.71. The van der Waals surface area contributed by atoms with E-state index in [4.69, 9.17) is 0 Å². The Morgan fingerprint density at radius 1 is 1.11 bits per heavy atom. The summed E-state index contributed by atoms with van der Waals surface area (Å²) >= 11 is 3.34. The zero-order valence-electron chi connectivity index (χ0n) is 10.2. The maximum Gasteiger partial charge on any atom is 0.224 e. The molecule has 0 saturated carbocycles. The molecule has 2 aromatic carbocycles. The van der Waals surface area contributed by atoms with Gasteiger partial charge >= 0.3 is 0 Å². The Labute approximate surface area is 119 Å². The highest BCUT2D eigenvalue weighted by Crippen LogP contribution is 2.11. The predicted molar refractivity (Wildman–Crippen MR) is 76.1 cm³/mol. The van der Waals surface area contributed by atoms with Gasteiger partial charge in [0.25, 0.3) is 0 Å². The smallest absolute Gasteiger partial charge is 0.224 e. The fourth-order valence-electron chi connectivity index (χ4n) is 1.69. The summed E-state index contributed by atoms with van der Waals surface area (Å²) in [6.45, 7) is 0.210. The van der Waals surface area contributed by atoms with Crippen molar-refractivity contribution >= 4 is 21.8 Å². The molecule has 4 heteroatoms. The largest absolute Gasteiger partial charge is 0.352 e. The van der Waals surface area contributed by atoms with Crippen LogP contribution in [-0.2, 0) is 17.8 Å². The molecular weight excluding hydrogens is 309 g/mol. The molecule has 0 aliphatic carbocycles. The van der Waals surface area contributed by atoms with E-state index in [0.29, 0.717) is 12.0 Å². The lowest BCUT2D eigenvalue weighted by atomic mass is 10.1. The Morgan fingerprint density at radius 3 is 2.47 bits per heavy atom. The van der Waals surface area contributed by atoms with Gasteiger partial charge in [0.1, 0.15) is 5.82 Å². The number of benzene rings is 2. The standard InChI is InChI=1S/C15H13BrFNO/c16-13-7-5-11(6-8-13)9-15(19)18-10-12-3-1-2-4-14(12)17/h1-8H,9-10H2,(H,18,19). The molecule has 2 rings (SSSR count). The maximum atomic E-state index is 13.4. The van der Waals surface area contributed by atoms with Crippen LogP contribution in [0.5, 0.6) is 0 Å². The van der Waals surface area contributed by atoms with E-state index in [0.717, 1.165) is 10.0 Å². The second-order valence-electron chi connectivity index (χ2n) is 4.17. The predicted octanol–water partition coefficient (Wildman–Crippen LogP) is 3.45. The van der Waals surface area contributed by atoms with Crippen molar-refractivity contribution in [3.05, 3.63) is 69.9 Å². The van der Waals surface area contributed by atoms with Gasteiger partial charge in [0, 0.05) is 16.6 Å². The summed E-state index contributed by atoms with van der Waals surface area (Å²) < 4.78 is 14.3. The van der Waals surface area contributed by atoms with E-state index in [2.05, 4.69) is 21.2 Å². The normalized spacial score (nSPS) is 10.2. The Balaban J connectivity index is 1.88. The van der Waals surface area contributed by atoms with Crippen LogP contribution in [0.3, 0.4) is 0 Å². The molecule has 0 radical (unpaired) electrons. The van der Waals surface area contributed by atoms with Gasteiger partial charge in [-0.15, -0.1) is 0 Å². The van der Waals surface area contributed by atoms with Crippen LogP contribution in [0.1, 0.15) is 11.1 Å². The Bertz CT molecular complexity index is 569. The highest BCUT2D eigenvalue weighted by Gasteiger charge is 2.05. The third kappa shape index (κ3) is 4.17. The number of rotatable bonds is 4. The summed E-state index contributed by atoms with van der Waals surface area (Å²) in [5.74, 6) is -0.419. The Kier molecular flexibility index (Phi) is 4.68. The van der Waals surface area contributed by atoms with Gasteiger partial charge in [-0.05, 0) is 23.8 Å². The Hall–Kier alpha value is -1.68. The van der Waals surface area contributed by atoms with Crippen molar-refractivity contribution in [1.82, 2.24) is 5.32 Å². The van der Waals surface area contributed by atoms with Gasteiger partial charge < -0.3 is 5.32 Å². The molecule has 0 aliphatic rings. The summed E-state index contributed by atoms with van der Waals surface area (Å²) in [5, 5.41) is 2.71. The quantitative estimate of drug-likeness (QED) is 0.918. The van der Waals surface area contributed by atoms with Crippen LogP contribution in [0.4, 0.5) is 4.39 Å². The average Bonchev–Trinajstić information content (AvgIpc) is 2.40. The minimum atomic E-state index is -0.300. The zero-order valence-corrected chi connectivity index (χ0v) is 11.8. The minimum absolute atomic E-state index is 0.120. The Morgan fingerprint density at radius 2 is 1.79 bits per heavy atom. The summed E-state index contributed by atoms with van der Waals surface area (Å²) in [4.78, 5) is 11.7. The molecule has 1 amide bonds. The van der Waals surface area contributed by atoms with Crippen LogP contribution in [0.15, 0.2) is 53.0 Å². The average molecular weight is 322 g/mol. The van der Waals surface area contributed by atoms with Crippen LogP contribution in [0, 0.1) is 5.82 Å². The number of carbonyl (C=O) groups excluding carboxylic acids is 1. The number of hydrogen-bond donors (Lipinski definition) is 1. The first kappa shape index (κ1) is 13.7. The molecule has 0 bridgehead atoms. The second kappa shape index (κ2) is 6.48. The van der Waals surface area contributed by atoms with E-state index in [1.54, 1.807) is 18.2 Å². The molecule has 0 aromatic heterocycles. The molecule has 0 aliphatic heterocycles. The minimum Gasteiger partial charge on any atom is -0.352 e. The molecule has 0 saturated heterocycles. The molecule has 2 nitrogen and oxygen atoms in total. The van der Waals surface area contributed by atoms with Crippen LogP contribution in [0.25, 0.3) is 0 Å². The topological polar surface area (TPSA) is 29.1 Å². The van der Waals surface area contributed by atoms with Gasteiger partial charge in [-0.1, -0.05) is 46.3 Å². The zero-order chi connectivity index (χ0) is 13.7. The lowest BCUT2D eigenvalue weighted by Gasteiger charge is -2.06. The van der Waals surface area contributed by atoms with E-state index >= 15 is 0 Å². The molecule has 0 spiro atoms. The lowest BCUT2D eigenvalue weighted by Crippen LogP contribution is -2.24. The fourth-order valence-corrected chi connectivity index (χ4v) is 1.95. The second-order valence-corrected chi connectivity index (χ2v) is 5.09. The van der Waals surface area contributed by atoms with Gasteiger partial charge in [0.2, 0.25) is 5.91 Å². The van der Waals surface area contributed by atoms with Gasteiger partial charge in [0.05, 0.1) is 6.42 Å². The van der Waals surface area contributed by atoms with Gasteiger partial charge in [-0.2, -0.15) is 0 Å². The molecule has 0 fully saturated rings. The number of hydrogen-bond acceptors (Lipinski definition) is 1. The number of nitrogens with one attached hydrogen (secondary N) is 1. The highest BCUT2D eigenvalue weighted by atomic mass is 79.9. The van der Waals surface area contributed by atoms with Crippen LogP contribution < -0.4 is 5.32 Å². The van der Waals surface area contributed by atoms with Crippen molar-refractivity contribution < 1.29 is 9.18 Å². The van der Waals surface area contributed by atoms with Crippen molar-refractivity contribution in [2.45, 2.75) is 13.0 Å². The summed E-state index contributed by atoms with van der Waals surface area (Å²) in [5.41, 5.74) is 1.42. The van der Waals surface area contributed by atoms with E-state index in [-0.39, 0.29) is 18.3 Å². The van der Waals surface area contributed by atoms with Crippen molar-refractivity contribution in [2.24, 2.45) is 0 Å². The van der Waals surface area contributed by atoms with Crippen LogP contribution in [-0.4, -0.2) is 5.91 Å². The van der Waals surface area contributed by atoms with E-state index < -0.39 is 0 Å². The molecular formula is C15H13BrFNO. The van der Waals surface area contributed by atoms with Gasteiger partial charge in [0.15, 0.2) is 0 Å². The summed E-state index contributed by atoms with van der Waals surface area (Å²) in [6.07, 6.45) is 0.293. The van der Waals surface area contributed by atoms with Gasteiger partial charge in [-0.3, -0.25) is 4.79 Å². The maximum absolute atomic E-state index is 13.4. The number of halogens is 2.